The quantitative estimate of drug-likeness (QED) is 0.917. The number of anilines is 1. The molecule has 7 nitrogen and oxygen atoms in total. The minimum atomic E-state index is 0.176. The van der Waals surface area contributed by atoms with E-state index < -0.39 is 0 Å². The van der Waals surface area contributed by atoms with Crippen LogP contribution in [0.15, 0.2) is 18.7 Å². The molecule has 1 aliphatic rings. The Balaban J connectivity index is 1.79. The average Bonchev–Trinajstić information content (AvgIpc) is 2.91. The normalized spacial score (nSPS) is 20.0. The van der Waals surface area contributed by atoms with Gasteiger partial charge in [-0.2, -0.15) is 15.0 Å². The van der Waals surface area contributed by atoms with E-state index in [-0.39, 0.29) is 5.28 Å². The van der Waals surface area contributed by atoms with Gasteiger partial charge in [-0.3, -0.25) is 4.57 Å². The van der Waals surface area contributed by atoms with Gasteiger partial charge in [-0.05, 0) is 38.0 Å². The number of likely N-dealkylation sites (N-methyl/N-ethyl adjacent to an activating group) is 1. The van der Waals surface area contributed by atoms with E-state index >= 15 is 0 Å². The maximum absolute atomic E-state index is 5.97. The van der Waals surface area contributed by atoms with E-state index in [1.807, 2.05) is 0 Å². The molecule has 1 fully saturated rings. The van der Waals surface area contributed by atoms with Gasteiger partial charge in [0.15, 0.2) is 0 Å². The second-order valence-corrected chi connectivity index (χ2v) is 5.28. The first-order chi connectivity index (χ1) is 9.70. The summed E-state index contributed by atoms with van der Waals surface area (Å²) in [4.78, 5) is 18.9. The average molecular weight is 294 g/mol. The van der Waals surface area contributed by atoms with Gasteiger partial charge in [0, 0.05) is 25.0 Å². The first kappa shape index (κ1) is 13.3. The third kappa shape index (κ3) is 3.05. The third-order valence-electron chi connectivity index (χ3n) is 3.29. The van der Waals surface area contributed by atoms with Crippen LogP contribution in [0, 0.1) is 0 Å². The van der Waals surface area contributed by atoms with Crippen LogP contribution < -0.4 is 5.32 Å². The largest absolute Gasteiger partial charge is 0.350 e. The van der Waals surface area contributed by atoms with Crippen LogP contribution in [-0.4, -0.2) is 55.6 Å². The van der Waals surface area contributed by atoms with Crippen molar-refractivity contribution >= 4 is 17.5 Å². The fourth-order valence-electron chi connectivity index (χ4n) is 2.36. The fraction of sp³-hybridized carbons (Fsp3) is 0.500. The molecular formula is C12H16ClN7. The minimum absolute atomic E-state index is 0.176. The molecule has 0 radical (unpaired) electrons. The zero-order valence-electron chi connectivity index (χ0n) is 11.2. The molecule has 0 bridgehead atoms. The third-order valence-corrected chi connectivity index (χ3v) is 3.46. The number of imidazole rings is 1. The van der Waals surface area contributed by atoms with Crippen LogP contribution in [0.25, 0.3) is 5.95 Å². The van der Waals surface area contributed by atoms with Crippen LogP contribution in [0.5, 0.6) is 0 Å². The zero-order chi connectivity index (χ0) is 13.9. The van der Waals surface area contributed by atoms with Crippen LogP contribution in [-0.2, 0) is 0 Å². The molecule has 1 saturated heterocycles. The summed E-state index contributed by atoms with van der Waals surface area (Å²) in [7, 11) is 2.12. The predicted octanol–water partition coefficient (Wildman–Crippen LogP) is 1.22. The van der Waals surface area contributed by atoms with Crippen LogP contribution in [0.4, 0.5) is 5.95 Å². The highest BCUT2D eigenvalue weighted by atomic mass is 35.5. The minimum Gasteiger partial charge on any atom is -0.350 e. The van der Waals surface area contributed by atoms with Crippen molar-refractivity contribution in [2.45, 2.75) is 18.9 Å². The molecule has 2 aromatic rings. The number of aromatic nitrogens is 5. The summed E-state index contributed by atoms with van der Waals surface area (Å²) in [6.07, 6.45) is 7.34. The van der Waals surface area contributed by atoms with Crippen molar-refractivity contribution in [2.24, 2.45) is 0 Å². The Labute approximate surface area is 122 Å². The van der Waals surface area contributed by atoms with E-state index in [1.165, 1.54) is 6.42 Å². The summed E-state index contributed by atoms with van der Waals surface area (Å²) in [5.74, 6) is 0.975. The topological polar surface area (TPSA) is 71.8 Å². The molecule has 1 unspecified atom stereocenters. The molecule has 0 saturated carbocycles. The first-order valence-corrected chi connectivity index (χ1v) is 6.93. The molecule has 1 N–H and O–H groups in total. The lowest BCUT2D eigenvalue weighted by Crippen LogP contribution is -2.40. The fourth-order valence-corrected chi connectivity index (χ4v) is 2.52. The molecule has 0 amide bonds. The van der Waals surface area contributed by atoms with Crippen LogP contribution >= 0.6 is 11.6 Å². The van der Waals surface area contributed by atoms with E-state index in [2.05, 4.69) is 37.2 Å². The van der Waals surface area contributed by atoms with Crippen molar-refractivity contribution in [1.82, 2.24) is 29.4 Å². The summed E-state index contributed by atoms with van der Waals surface area (Å²) in [5, 5.41) is 3.51. The highest BCUT2D eigenvalue weighted by Crippen LogP contribution is 2.14. The van der Waals surface area contributed by atoms with Crippen LogP contribution in [0.3, 0.4) is 0 Å². The molecule has 3 rings (SSSR count). The Morgan fingerprint density at radius 3 is 3.00 bits per heavy atom. The van der Waals surface area contributed by atoms with Gasteiger partial charge in [-0.1, -0.05) is 0 Å². The molecule has 20 heavy (non-hydrogen) atoms. The lowest BCUT2D eigenvalue weighted by molar-refractivity contribution is 0.260. The Hall–Kier alpha value is -1.73. The van der Waals surface area contributed by atoms with E-state index in [9.17, 15) is 0 Å². The molecule has 1 aliphatic heterocycles. The number of halogens is 1. The molecule has 0 aliphatic carbocycles. The summed E-state index contributed by atoms with van der Waals surface area (Å²) < 4.78 is 1.70. The van der Waals surface area contributed by atoms with Gasteiger partial charge in [0.25, 0.3) is 0 Å². The van der Waals surface area contributed by atoms with Gasteiger partial charge >= 0.3 is 0 Å². The molecule has 8 heteroatoms. The van der Waals surface area contributed by atoms with E-state index in [1.54, 1.807) is 23.3 Å². The van der Waals surface area contributed by atoms with Crippen molar-refractivity contribution in [3.8, 4) is 5.95 Å². The number of nitrogens with zero attached hydrogens (tertiary/aromatic N) is 6. The van der Waals surface area contributed by atoms with Crippen LogP contribution in [0.1, 0.15) is 12.8 Å². The van der Waals surface area contributed by atoms with E-state index in [4.69, 9.17) is 11.6 Å². The highest BCUT2D eigenvalue weighted by molar-refractivity contribution is 6.28. The monoisotopic (exact) mass is 293 g/mol. The highest BCUT2D eigenvalue weighted by Gasteiger charge is 2.18. The van der Waals surface area contributed by atoms with Crippen molar-refractivity contribution in [1.29, 1.82) is 0 Å². The van der Waals surface area contributed by atoms with Gasteiger partial charge in [0.2, 0.25) is 17.2 Å². The number of piperidine rings is 1. The second kappa shape index (κ2) is 5.72. The van der Waals surface area contributed by atoms with Crippen molar-refractivity contribution < 1.29 is 0 Å². The Kier molecular flexibility index (Phi) is 3.79. The number of likely N-dealkylation sites (tertiary alicyclic amines) is 1. The summed E-state index contributed by atoms with van der Waals surface area (Å²) in [6.45, 7) is 2.11. The number of hydrogen-bond acceptors (Lipinski definition) is 6. The summed E-state index contributed by atoms with van der Waals surface area (Å²) >= 11 is 5.97. The number of nitrogens with one attached hydrogen (secondary N) is 1. The Morgan fingerprint density at radius 2 is 2.25 bits per heavy atom. The standard InChI is InChI=1S/C12H16ClN7/c1-19-5-2-3-9(7-19)15-11-16-10(13)17-12(18-11)20-6-4-14-8-20/h4,6,8-9H,2-3,5,7H2,1H3,(H,15,16,17,18). The first-order valence-electron chi connectivity index (χ1n) is 6.56. The van der Waals surface area contributed by atoms with Gasteiger partial charge in [0.1, 0.15) is 6.33 Å². The number of hydrogen-bond donors (Lipinski definition) is 1. The molecule has 0 spiro atoms. The predicted molar refractivity (Wildman–Crippen MR) is 76.1 cm³/mol. The molecule has 3 heterocycles. The lowest BCUT2D eigenvalue weighted by Gasteiger charge is -2.30. The van der Waals surface area contributed by atoms with Crippen molar-refractivity contribution in [3.63, 3.8) is 0 Å². The molecular weight excluding hydrogens is 278 g/mol. The molecule has 106 valence electrons. The Bertz CT molecular complexity index is 571. The van der Waals surface area contributed by atoms with Crippen molar-refractivity contribution in [2.75, 3.05) is 25.5 Å². The molecule has 1 atom stereocenters. The molecule has 2 aromatic heterocycles. The van der Waals surface area contributed by atoms with Crippen LogP contribution in [0.2, 0.25) is 5.28 Å². The van der Waals surface area contributed by atoms with Gasteiger partial charge < -0.3 is 10.2 Å². The zero-order valence-corrected chi connectivity index (χ0v) is 12.0. The SMILES string of the molecule is CN1CCCC(Nc2nc(Cl)nc(-n3ccnc3)n2)C1. The maximum Gasteiger partial charge on any atom is 0.241 e. The van der Waals surface area contributed by atoms with Crippen molar-refractivity contribution in [3.05, 3.63) is 24.0 Å². The van der Waals surface area contributed by atoms with Gasteiger partial charge in [-0.25, -0.2) is 4.98 Å². The maximum atomic E-state index is 5.97. The smallest absolute Gasteiger partial charge is 0.241 e. The summed E-state index contributed by atoms with van der Waals surface area (Å²) in [6, 6.07) is 0.336. The second-order valence-electron chi connectivity index (χ2n) is 4.94. The summed E-state index contributed by atoms with van der Waals surface area (Å²) in [5.41, 5.74) is 0. The van der Waals surface area contributed by atoms with E-state index in [0.717, 1.165) is 19.5 Å². The van der Waals surface area contributed by atoms with E-state index in [0.29, 0.717) is 17.9 Å². The molecule has 0 aromatic carbocycles. The lowest BCUT2D eigenvalue weighted by atomic mass is 10.1. The van der Waals surface area contributed by atoms with Gasteiger partial charge in [0.05, 0.1) is 0 Å². The number of rotatable bonds is 3. The Morgan fingerprint density at radius 1 is 1.35 bits per heavy atom. The van der Waals surface area contributed by atoms with Gasteiger partial charge in [-0.15, -0.1) is 0 Å².